The first kappa shape index (κ1) is 24.0. The number of amides is 2. The molecule has 1 atom stereocenters. The van der Waals surface area contributed by atoms with E-state index < -0.39 is 12.1 Å². The Balaban J connectivity index is 1.83. The quantitative estimate of drug-likeness (QED) is 0.509. The second-order valence-electron chi connectivity index (χ2n) is 8.30. The Morgan fingerprint density at radius 2 is 1.93 bits per heavy atom. The molecule has 1 aromatic rings. The molecule has 1 aliphatic rings. The average Bonchev–Trinajstić information content (AvgIpc) is 2.68. The zero-order valence-corrected chi connectivity index (χ0v) is 18.4. The van der Waals surface area contributed by atoms with Gasteiger partial charge in [-0.3, -0.25) is 0 Å². The van der Waals surface area contributed by atoms with Gasteiger partial charge >= 0.3 is 12.0 Å². The van der Waals surface area contributed by atoms with Gasteiger partial charge in [0.1, 0.15) is 12.4 Å². The van der Waals surface area contributed by atoms with Gasteiger partial charge in [-0.1, -0.05) is 32.4 Å². The van der Waals surface area contributed by atoms with E-state index in [1.54, 1.807) is 6.92 Å². The van der Waals surface area contributed by atoms with Gasteiger partial charge in [-0.2, -0.15) is 0 Å². The number of ether oxygens (including phenoxy) is 2. The zero-order chi connectivity index (χ0) is 21.9. The Bertz CT molecular complexity index is 658. The molecule has 0 bridgehead atoms. The average molecular weight is 421 g/mol. The van der Waals surface area contributed by atoms with Crippen LogP contribution in [0.15, 0.2) is 24.3 Å². The Kier molecular flexibility index (Phi) is 9.94. The standard InChI is InChI=1S/C23H36N2O5/c1-4-29-21(22(26)27)14-18-8-10-20(11-9-18)30-13-12-25(16-19-6-5-7-19)23(28)24-15-17(2)3/h8-11,17,19,21H,4-7,12-16H2,1-3H3,(H,24,28)(H,26,27). The molecule has 2 N–H and O–H groups in total. The number of carboxylic acid groups (broad SMARTS) is 1. The summed E-state index contributed by atoms with van der Waals surface area (Å²) in [5.74, 6) is 0.756. The number of hydrogen-bond acceptors (Lipinski definition) is 4. The lowest BCUT2D eigenvalue weighted by atomic mass is 9.85. The number of carbonyl (C=O) groups is 2. The first-order chi connectivity index (χ1) is 14.4. The normalized spacial score (nSPS) is 14.8. The summed E-state index contributed by atoms with van der Waals surface area (Å²) in [6.45, 7) is 8.70. The van der Waals surface area contributed by atoms with E-state index in [2.05, 4.69) is 19.2 Å². The Morgan fingerprint density at radius 3 is 2.47 bits per heavy atom. The molecule has 1 aliphatic carbocycles. The van der Waals surface area contributed by atoms with E-state index in [9.17, 15) is 14.7 Å². The van der Waals surface area contributed by atoms with E-state index in [4.69, 9.17) is 9.47 Å². The lowest BCUT2D eigenvalue weighted by Crippen LogP contribution is -2.46. The van der Waals surface area contributed by atoms with Crippen LogP contribution in [0.2, 0.25) is 0 Å². The van der Waals surface area contributed by atoms with Crippen molar-refractivity contribution in [3.63, 3.8) is 0 Å². The second kappa shape index (κ2) is 12.4. The van der Waals surface area contributed by atoms with Gasteiger partial charge < -0.3 is 24.8 Å². The number of aliphatic carboxylic acids is 1. The van der Waals surface area contributed by atoms with Crippen LogP contribution in [0, 0.1) is 11.8 Å². The minimum Gasteiger partial charge on any atom is -0.492 e. The molecule has 2 amide bonds. The van der Waals surface area contributed by atoms with Gasteiger partial charge in [0.25, 0.3) is 0 Å². The lowest BCUT2D eigenvalue weighted by molar-refractivity contribution is -0.149. The first-order valence-electron chi connectivity index (χ1n) is 11.0. The highest BCUT2D eigenvalue weighted by Crippen LogP contribution is 2.27. The van der Waals surface area contributed by atoms with Crippen LogP contribution < -0.4 is 10.1 Å². The summed E-state index contributed by atoms with van der Waals surface area (Å²) < 4.78 is 11.1. The van der Waals surface area contributed by atoms with Crippen LogP contribution in [-0.4, -0.2) is 61.0 Å². The predicted octanol–water partition coefficient (Wildman–Crippen LogP) is 3.57. The summed E-state index contributed by atoms with van der Waals surface area (Å²) in [4.78, 5) is 25.6. The van der Waals surface area contributed by atoms with Crippen LogP contribution in [0.1, 0.15) is 45.6 Å². The Labute approximate surface area is 179 Å². The Hall–Kier alpha value is -2.28. The van der Waals surface area contributed by atoms with E-state index in [0.717, 1.165) is 12.1 Å². The first-order valence-corrected chi connectivity index (χ1v) is 11.0. The lowest BCUT2D eigenvalue weighted by Gasteiger charge is -2.32. The fraction of sp³-hybridized carbons (Fsp3) is 0.652. The van der Waals surface area contributed by atoms with Crippen LogP contribution in [0.4, 0.5) is 4.79 Å². The fourth-order valence-corrected chi connectivity index (χ4v) is 3.29. The number of carboxylic acids is 1. The summed E-state index contributed by atoms with van der Waals surface area (Å²) in [6, 6.07) is 7.34. The van der Waals surface area contributed by atoms with E-state index in [1.165, 1.54) is 19.3 Å². The molecular formula is C23H36N2O5. The minimum atomic E-state index is -0.959. The summed E-state index contributed by atoms with van der Waals surface area (Å²) in [7, 11) is 0. The Morgan fingerprint density at radius 1 is 1.23 bits per heavy atom. The third-order valence-electron chi connectivity index (χ3n) is 5.27. The molecule has 30 heavy (non-hydrogen) atoms. The van der Waals surface area contributed by atoms with Gasteiger partial charge in [0, 0.05) is 26.1 Å². The summed E-state index contributed by atoms with van der Waals surface area (Å²) >= 11 is 0. The fourth-order valence-electron chi connectivity index (χ4n) is 3.29. The highest BCUT2D eigenvalue weighted by atomic mass is 16.5. The van der Waals surface area contributed by atoms with E-state index in [1.807, 2.05) is 29.2 Å². The maximum absolute atomic E-state index is 12.5. The largest absolute Gasteiger partial charge is 0.492 e. The van der Waals surface area contributed by atoms with Gasteiger partial charge in [0.15, 0.2) is 6.10 Å². The number of rotatable bonds is 13. The number of carbonyl (C=O) groups excluding carboxylic acids is 1. The van der Waals surface area contributed by atoms with Crippen LogP contribution >= 0.6 is 0 Å². The van der Waals surface area contributed by atoms with Gasteiger partial charge in [-0.15, -0.1) is 0 Å². The van der Waals surface area contributed by atoms with E-state index >= 15 is 0 Å². The van der Waals surface area contributed by atoms with E-state index in [-0.39, 0.29) is 6.03 Å². The molecule has 0 radical (unpaired) electrons. The van der Waals surface area contributed by atoms with Crippen molar-refractivity contribution in [3.05, 3.63) is 29.8 Å². The van der Waals surface area contributed by atoms with Crippen molar-refractivity contribution in [2.24, 2.45) is 11.8 Å². The third kappa shape index (κ3) is 8.22. The highest BCUT2D eigenvalue weighted by molar-refractivity contribution is 5.74. The number of benzene rings is 1. The number of urea groups is 1. The van der Waals surface area contributed by atoms with Gasteiger partial charge in [0.05, 0.1) is 6.54 Å². The molecule has 1 unspecified atom stereocenters. The summed E-state index contributed by atoms with van der Waals surface area (Å²) in [5, 5.41) is 12.2. The predicted molar refractivity (Wildman–Crippen MR) is 116 cm³/mol. The minimum absolute atomic E-state index is 0.0230. The molecule has 1 saturated carbocycles. The molecule has 2 rings (SSSR count). The molecule has 0 spiro atoms. The van der Waals surface area contributed by atoms with Crippen LogP contribution in [-0.2, 0) is 16.0 Å². The van der Waals surface area contributed by atoms with Crippen LogP contribution in [0.25, 0.3) is 0 Å². The SMILES string of the molecule is CCOC(Cc1ccc(OCCN(CC2CCC2)C(=O)NCC(C)C)cc1)C(=O)O. The van der Waals surface area contributed by atoms with Crippen LogP contribution in [0.3, 0.4) is 0 Å². The van der Waals surface area contributed by atoms with Crippen molar-refractivity contribution >= 4 is 12.0 Å². The van der Waals surface area contributed by atoms with Crippen molar-refractivity contribution in [1.82, 2.24) is 10.2 Å². The molecule has 168 valence electrons. The monoisotopic (exact) mass is 420 g/mol. The molecule has 1 aromatic carbocycles. The van der Waals surface area contributed by atoms with Crippen molar-refractivity contribution in [3.8, 4) is 5.75 Å². The number of hydrogen-bond donors (Lipinski definition) is 2. The van der Waals surface area contributed by atoms with Gasteiger partial charge in [-0.25, -0.2) is 9.59 Å². The van der Waals surface area contributed by atoms with Crippen molar-refractivity contribution in [2.75, 3.05) is 32.8 Å². The molecule has 0 aliphatic heterocycles. The van der Waals surface area contributed by atoms with Gasteiger partial charge in [-0.05, 0) is 49.3 Å². The molecule has 7 nitrogen and oxygen atoms in total. The second-order valence-corrected chi connectivity index (χ2v) is 8.30. The molecule has 0 aromatic heterocycles. The summed E-state index contributed by atoms with van der Waals surface area (Å²) in [5.41, 5.74) is 0.878. The van der Waals surface area contributed by atoms with Crippen molar-refractivity contribution in [1.29, 1.82) is 0 Å². The van der Waals surface area contributed by atoms with E-state index in [0.29, 0.717) is 50.3 Å². The third-order valence-corrected chi connectivity index (χ3v) is 5.27. The van der Waals surface area contributed by atoms with Crippen LogP contribution in [0.5, 0.6) is 5.75 Å². The maximum atomic E-state index is 12.5. The molecular weight excluding hydrogens is 384 g/mol. The molecule has 7 heteroatoms. The van der Waals surface area contributed by atoms with Gasteiger partial charge in [0.2, 0.25) is 0 Å². The number of nitrogens with zero attached hydrogens (tertiary/aromatic N) is 1. The topological polar surface area (TPSA) is 88.1 Å². The highest BCUT2D eigenvalue weighted by Gasteiger charge is 2.23. The molecule has 0 heterocycles. The van der Waals surface area contributed by atoms with Crippen molar-refractivity contribution in [2.45, 2.75) is 52.6 Å². The number of nitrogens with one attached hydrogen (secondary N) is 1. The van der Waals surface area contributed by atoms with Crippen molar-refractivity contribution < 1.29 is 24.2 Å². The smallest absolute Gasteiger partial charge is 0.333 e. The molecule has 1 fully saturated rings. The molecule has 0 saturated heterocycles. The maximum Gasteiger partial charge on any atom is 0.333 e. The zero-order valence-electron chi connectivity index (χ0n) is 18.4. The summed E-state index contributed by atoms with van der Waals surface area (Å²) in [6.07, 6.45) is 3.10.